The quantitative estimate of drug-likeness (QED) is 0.663. The molecule has 0 aromatic carbocycles. The van der Waals surface area contributed by atoms with Crippen LogP contribution in [-0.2, 0) is 9.47 Å². The Labute approximate surface area is 101 Å². The molecule has 1 unspecified atom stereocenters. The molecule has 0 heterocycles. The van der Waals surface area contributed by atoms with Crippen LogP contribution in [0, 0.1) is 0 Å². The van der Waals surface area contributed by atoms with Gasteiger partial charge >= 0.3 is 0 Å². The molecule has 16 heavy (non-hydrogen) atoms. The van der Waals surface area contributed by atoms with E-state index in [1.807, 2.05) is 0 Å². The fourth-order valence-electron chi connectivity index (χ4n) is 1.30. The second kappa shape index (κ2) is 7.25. The zero-order chi connectivity index (χ0) is 12.7. The summed E-state index contributed by atoms with van der Waals surface area (Å²) in [5, 5.41) is 0. The number of ether oxygens (including phenoxy) is 2. The fourth-order valence-corrected chi connectivity index (χ4v) is 1.30. The molecule has 0 radical (unpaired) electrons. The summed E-state index contributed by atoms with van der Waals surface area (Å²) in [5.41, 5.74) is 5.33. The van der Waals surface area contributed by atoms with Gasteiger partial charge in [0.25, 0.3) is 0 Å². The molecule has 0 spiro atoms. The van der Waals surface area contributed by atoms with E-state index in [4.69, 9.17) is 15.2 Å². The third kappa shape index (κ3) is 6.46. The predicted octanol–water partition coefficient (Wildman–Crippen LogP) is 2.73. The van der Waals surface area contributed by atoms with Gasteiger partial charge in [-0.3, -0.25) is 0 Å². The summed E-state index contributed by atoms with van der Waals surface area (Å²) >= 11 is 0. The van der Waals surface area contributed by atoms with Gasteiger partial charge in [-0.1, -0.05) is 13.8 Å². The zero-order valence-electron chi connectivity index (χ0n) is 11.6. The Morgan fingerprint density at radius 3 is 2.00 bits per heavy atom. The molecule has 3 heteroatoms. The largest absolute Gasteiger partial charge is 0.375 e. The molecule has 0 bridgehead atoms. The molecule has 0 fully saturated rings. The van der Waals surface area contributed by atoms with Gasteiger partial charge in [0.05, 0.1) is 24.4 Å². The Balaban J connectivity index is 3.94. The Morgan fingerprint density at radius 2 is 1.56 bits per heavy atom. The van der Waals surface area contributed by atoms with Crippen molar-refractivity contribution >= 4 is 0 Å². The Morgan fingerprint density at radius 1 is 0.938 bits per heavy atom. The molecular formula is C13H29NO2. The average molecular weight is 231 g/mol. The van der Waals surface area contributed by atoms with Crippen molar-refractivity contribution in [2.45, 2.75) is 65.1 Å². The second-order valence-corrected chi connectivity index (χ2v) is 5.15. The number of rotatable bonds is 9. The minimum absolute atomic E-state index is 0.0253. The van der Waals surface area contributed by atoms with E-state index in [1.54, 1.807) is 0 Å². The van der Waals surface area contributed by atoms with Crippen molar-refractivity contribution < 1.29 is 9.47 Å². The van der Waals surface area contributed by atoms with Gasteiger partial charge in [-0.2, -0.15) is 0 Å². The first kappa shape index (κ1) is 15.9. The summed E-state index contributed by atoms with van der Waals surface area (Å²) in [6.07, 6.45) is 2.94. The van der Waals surface area contributed by atoms with Crippen molar-refractivity contribution in [1.82, 2.24) is 0 Å². The lowest BCUT2D eigenvalue weighted by Crippen LogP contribution is -2.34. The van der Waals surface area contributed by atoms with E-state index in [2.05, 4.69) is 34.6 Å². The molecular weight excluding hydrogens is 202 g/mol. The Hall–Kier alpha value is -0.120. The van der Waals surface area contributed by atoms with Crippen LogP contribution in [0.4, 0.5) is 0 Å². The highest BCUT2D eigenvalue weighted by molar-refractivity contribution is 4.74. The van der Waals surface area contributed by atoms with Crippen LogP contribution in [0.2, 0.25) is 0 Å². The van der Waals surface area contributed by atoms with Crippen LogP contribution in [0.5, 0.6) is 0 Å². The number of nitrogens with two attached hydrogens (primary N) is 1. The van der Waals surface area contributed by atoms with E-state index in [0.29, 0.717) is 13.2 Å². The van der Waals surface area contributed by atoms with E-state index in [1.165, 1.54) is 0 Å². The predicted molar refractivity (Wildman–Crippen MR) is 68.6 cm³/mol. The molecule has 2 N–H and O–H groups in total. The maximum absolute atomic E-state index is 5.84. The summed E-state index contributed by atoms with van der Waals surface area (Å²) in [7, 11) is 0. The number of hydrogen-bond acceptors (Lipinski definition) is 3. The second-order valence-electron chi connectivity index (χ2n) is 5.15. The van der Waals surface area contributed by atoms with Crippen molar-refractivity contribution in [1.29, 1.82) is 0 Å². The topological polar surface area (TPSA) is 44.5 Å². The average Bonchev–Trinajstić information content (AvgIpc) is 2.26. The maximum Gasteiger partial charge on any atom is 0.0674 e. The lowest BCUT2D eigenvalue weighted by Gasteiger charge is -2.31. The molecule has 0 aromatic heterocycles. The smallest absolute Gasteiger partial charge is 0.0674 e. The van der Waals surface area contributed by atoms with Crippen LogP contribution in [0.15, 0.2) is 0 Å². The molecule has 0 aliphatic rings. The Kier molecular flexibility index (Phi) is 7.20. The lowest BCUT2D eigenvalue weighted by atomic mass is 9.99. The van der Waals surface area contributed by atoms with Crippen LogP contribution in [-0.4, -0.2) is 31.0 Å². The first-order valence-corrected chi connectivity index (χ1v) is 6.37. The maximum atomic E-state index is 5.84. The van der Waals surface area contributed by atoms with Crippen molar-refractivity contribution in [3.05, 3.63) is 0 Å². The van der Waals surface area contributed by atoms with Crippen LogP contribution in [0.3, 0.4) is 0 Å². The first-order valence-electron chi connectivity index (χ1n) is 6.37. The van der Waals surface area contributed by atoms with Crippen LogP contribution < -0.4 is 5.73 Å². The summed E-state index contributed by atoms with van der Waals surface area (Å²) < 4.78 is 11.6. The summed E-state index contributed by atoms with van der Waals surface area (Å²) in [4.78, 5) is 0. The number of hydrogen-bond donors (Lipinski definition) is 1. The van der Waals surface area contributed by atoms with Gasteiger partial charge in [0.2, 0.25) is 0 Å². The monoisotopic (exact) mass is 231 g/mol. The van der Waals surface area contributed by atoms with Crippen LogP contribution in [0.1, 0.15) is 53.9 Å². The molecule has 1 atom stereocenters. The molecule has 0 aliphatic heterocycles. The molecule has 0 rings (SSSR count). The molecule has 98 valence electrons. The van der Waals surface area contributed by atoms with Crippen LogP contribution >= 0.6 is 0 Å². The van der Waals surface area contributed by atoms with Crippen molar-refractivity contribution in [2.24, 2.45) is 5.73 Å². The molecule has 3 nitrogen and oxygen atoms in total. The van der Waals surface area contributed by atoms with Crippen molar-refractivity contribution in [3.8, 4) is 0 Å². The summed E-state index contributed by atoms with van der Waals surface area (Å²) in [6, 6.07) is 0. The van der Waals surface area contributed by atoms with Crippen molar-refractivity contribution in [3.63, 3.8) is 0 Å². The standard InChI is InChI=1S/C13H29NO2/c1-6-12(3,4)15-10-8-13(5,7-2)16-11-9-14/h6-11,14H2,1-5H3. The van der Waals surface area contributed by atoms with Gasteiger partial charge < -0.3 is 15.2 Å². The van der Waals surface area contributed by atoms with E-state index in [9.17, 15) is 0 Å². The first-order chi connectivity index (χ1) is 7.39. The molecule has 0 saturated carbocycles. The van der Waals surface area contributed by atoms with Crippen molar-refractivity contribution in [2.75, 3.05) is 19.8 Å². The molecule has 0 saturated heterocycles. The SMILES string of the molecule is CCC(C)(C)OCCC(C)(CC)OCCN. The summed E-state index contributed by atoms with van der Waals surface area (Å²) in [6.45, 7) is 12.6. The van der Waals surface area contributed by atoms with Gasteiger partial charge in [0.15, 0.2) is 0 Å². The van der Waals surface area contributed by atoms with Gasteiger partial charge in [0.1, 0.15) is 0 Å². The van der Waals surface area contributed by atoms with Gasteiger partial charge in [-0.05, 0) is 40.0 Å². The van der Waals surface area contributed by atoms with Gasteiger partial charge in [0, 0.05) is 6.54 Å². The molecule has 0 aromatic rings. The van der Waals surface area contributed by atoms with E-state index in [-0.39, 0.29) is 11.2 Å². The lowest BCUT2D eigenvalue weighted by molar-refractivity contribution is -0.0805. The molecule has 0 amide bonds. The zero-order valence-corrected chi connectivity index (χ0v) is 11.6. The Bertz CT molecular complexity index is 183. The highest BCUT2D eigenvalue weighted by Crippen LogP contribution is 2.22. The summed E-state index contributed by atoms with van der Waals surface area (Å²) in [5.74, 6) is 0. The van der Waals surface area contributed by atoms with Gasteiger partial charge in [-0.15, -0.1) is 0 Å². The normalized spacial score (nSPS) is 16.1. The highest BCUT2D eigenvalue weighted by atomic mass is 16.5. The highest BCUT2D eigenvalue weighted by Gasteiger charge is 2.24. The van der Waals surface area contributed by atoms with E-state index < -0.39 is 0 Å². The minimum Gasteiger partial charge on any atom is -0.375 e. The third-order valence-corrected chi connectivity index (χ3v) is 3.29. The molecule has 0 aliphatic carbocycles. The third-order valence-electron chi connectivity index (χ3n) is 3.29. The minimum atomic E-state index is -0.0941. The fraction of sp³-hybridized carbons (Fsp3) is 1.00. The van der Waals surface area contributed by atoms with E-state index in [0.717, 1.165) is 25.9 Å². The van der Waals surface area contributed by atoms with Crippen LogP contribution in [0.25, 0.3) is 0 Å². The van der Waals surface area contributed by atoms with Gasteiger partial charge in [-0.25, -0.2) is 0 Å². The van der Waals surface area contributed by atoms with E-state index >= 15 is 0 Å².